The number of nitrogens with zero attached hydrogens (tertiary/aromatic N) is 4. The van der Waals surface area contributed by atoms with E-state index in [1.165, 1.54) is 35.8 Å². The second-order valence-electron chi connectivity index (χ2n) is 6.78. The number of hydrogen-bond donors (Lipinski definition) is 0. The molecule has 0 spiro atoms. The standard InChI is InChI=1S/C23H16N4O5S/c1-32-19-12-8-15(9-13-19)21-22(16-6-10-18(11-7-16)26(28)29)33-23(25-21)24-14-17-4-2-3-5-20(17)27(30)31/h2-14H,1H3. The SMILES string of the molecule is COc1ccc(-c2nc(N=Cc3ccccc3[N+](=O)[O-])sc2-c2ccc([N+](=O)[O-])cc2)cc1. The summed E-state index contributed by atoms with van der Waals surface area (Å²) in [5, 5.41) is 22.7. The first-order valence-corrected chi connectivity index (χ1v) is 10.5. The first-order chi connectivity index (χ1) is 16.0. The number of nitro groups is 2. The van der Waals surface area contributed by atoms with Gasteiger partial charge in [-0.1, -0.05) is 23.5 Å². The minimum absolute atomic E-state index is 0.0103. The molecule has 0 aliphatic rings. The lowest BCUT2D eigenvalue weighted by atomic mass is 10.1. The van der Waals surface area contributed by atoms with Crippen molar-refractivity contribution in [2.45, 2.75) is 0 Å². The van der Waals surface area contributed by atoms with Crippen LogP contribution in [0, 0.1) is 20.2 Å². The Labute approximate surface area is 192 Å². The molecule has 4 aromatic rings. The van der Waals surface area contributed by atoms with E-state index in [2.05, 4.69) is 9.98 Å². The van der Waals surface area contributed by atoms with Crippen LogP contribution in [0.3, 0.4) is 0 Å². The minimum atomic E-state index is -0.464. The summed E-state index contributed by atoms with van der Waals surface area (Å²) in [6.45, 7) is 0. The fourth-order valence-corrected chi connectivity index (χ4v) is 4.07. The number of thiazole rings is 1. The Morgan fingerprint density at radius 3 is 2.21 bits per heavy atom. The molecule has 0 bridgehead atoms. The fourth-order valence-electron chi connectivity index (χ4n) is 3.13. The van der Waals surface area contributed by atoms with E-state index in [1.54, 1.807) is 37.4 Å². The van der Waals surface area contributed by atoms with Gasteiger partial charge in [-0.2, -0.15) is 0 Å². The lowest BCUT2D eigenvalue weighted by Crippen LogP contribution is -1.93. The van der Waals surface area contributed by atoms with Crippen LogP contribution in [0.4, 0.5) is 16.5 Å². The summed E-state index contributed by atoms with van der Waals surface area (Å²) in [4.78, 5) is 31.1. The molecule has 9 nitrogen and oxygen atoms in total. The van der Waals surface area contributed by atoms with E-state index in [-0.39, 0.29) is 11.4 Å². The molecule has 1 heterocycles. The number of aliphatic imine (C=N–C) groups is 1. The second kappa shape index (κ2) is 9.37. The maximum absolute atomic E-state index is 11.3. The van der Waals surface area contributed by atoms with Crippen LogP contribution < -0.4 is 4.74 Å². The van der Waals surface area contributed by atoms with Crippen molar-refractivity contribution in [3.05, 3.63) is 98.6 Å². The monoisotopic (exact) mass is 460 g/mol. The van der Waals surface area contributed by atoms with Crippen LogP contribution in [0.25, 0.3) is 21.7 Å². The average molecular weight is 460 g/mol. The zero-order valence-electron chi connectivity index (χ0n) is 17.2. The van der Waals surface area contributed by atoms with Crippen molar-refractivity contribution in [1.29, 1.82) is 0 Å². The average Bonchev–Trinajstić information content (AvgIpc) is 3.27. The van der Waals surface area contributed by atoms with E-state index in [4.69, 9.17) is 4.74 Å². The van der Waals surface area contributed by atoms with Gasteiger partial charge in [-0.25, -0.2) is 9.98 Å². The summed E-state index contributed by atoms with van der Waals surface area (Å²) >= 11 is 1.29. The maximum Gasteiger partial charge on any atom is 0.278 e. The van der Waals surface area contributed by atoms with Gasteiger partial charge in [-0.15, -0.1) is 0 Å². The number of rotatable bonds is 7. The van der Waals surface area contributed by atoms with Crippen molar-refractivity contribution in [3.8, 4) is 27.4 Å². The van der Waals surface area contributed by atoms with Crippen LogP contribution in [0.1, 0.15) is 5.56 Å². The molecule has 0 amide bonds. The highest BCUT2D eigenvalue weighted by Gasteiger charge is 2.17. The number of non-ortho nitro benzene ring substituents is 1. The van der Waals surface area contributed by atoms with E-state index < -0.39 is 9.85 Å². The molecule has 3 aromatic carbocycles. The van der Waals surface area contributed by atoms with Gasteiger partial charge in [0.1, 0.15) is 5.75 Å². The quantitative estimate of drug-likeness (QED) is 0.188. The minimum Gasteiger partial charge on any atom is -0.497 e. The topological polar surface area (TPSA) is 121 Å². The summed E-state index contributed by atoms with van der Waals surface area (Å²) in [6, 6.07) is 19.8. The molecule has 164 valence electrons. The highest BCUT2D eigenvalue weighted by molar-refractivity contribution is 7.19. The van der Waals surface area contributed by atoms with Gasteiger partial charge in [0, 0.05) is 30.0 Å². The molecule has 0 saturated carbocycles. The molecule has 4 rings (SSSR count). The van der Waals surface area contributed by atoms with Crippen molar-refractivity contribution < 1.29 is 14.6 Å². The lowest BCUT2D eigenvalue weighted by Gasteiger charge is -2.04. The van der Waals surface area contributed by atoms with Crippen molar-refractivity contribution in [2.24, 2.45) is 4.99 Å². The third kappa shape index (κ3) is 4.75. The molecule has 10 heteroatoms. The number of methoxy groups -OCH3 is 1. The fraction of sp³-hybridized carbons (Fsp3) is 0.0435. The molecule has 0 atom stereocenters. The van der Waals surface area contributed by atoms with Gasteiger partial charge >= 0.3 is 0 Å². The number of para-hydroxylation sites is 1. The molecule has 0 aliphatic heterocycles. The molecule has 0 saturated heterocycles. The highest BCUT2D eigenvalue weighted by atomic mass is 32.1. The summed E-state index contributed by atoms with van der Waals surface area (Å²) in [5.41, 5.74) is 2.50. The van der Waals surface area contributed by atoms with Crippen LogP contribution in [-0.2, 0) is 0 Å². The van der Waals surface area contributed by atoms with Gasteiger partial charge in [0.05, 0.1) is 33.1 Å². The van der Waals surface area contributed by atoms with Gasteiger partial charge in [0.25, 0.3) is 11.4 Å². The Hall–Kier alpha value is -4.44. The van der Waals surface area contributed by atoms with Gasteiger partial charge in [-0.05, 0) is 48.0 Å². The number of hydrogen-bond acceptors (Lipinski definition) is 8. The summed E-state index contributed by atoms with van der Waals surface area (Å²) in [6.07, 6.45) is 1.41. The third-order valence-electron chi connectivity index (χ3n) is 4.77. The second-order valence-corrected chi connectivity index (χ2v) is 7.76. The predicted molar refractivity (Wildman–Crippen MR) is 127 cm³/mol. The largest absolute Gasteiger partial charge is 0.497 e. The Balaban J connectivity index is 1.78. The van der Waals surface area contributed by atoms with E-state index in [0.29, 0.717) is 22.1 Å². The Kier molecular flexibility index (Phi) is 6.18. The summed E-state index contributed by atoms with van der Waals surface area (Å²) in [5.74, 6) is 0.695. The molecule has 0 fully saturated rings. The van der Waals surface area contributed by atoms with Crippen LogP contribution in [0.2, 0.25) is 0 Å². The number of aromatic nitrogens is 1. The number of benzene rings is 3. The summed E-state index contributed by atoms with van der Waals surface area (Å²) in [7, 11) is 1.58. The van der Waals surface area contributed by atoms with Crippen molar-refractivity contribution in [3.63, 3.8) is 0 Å². The van der Waals surface area contributed by atoms with Crippen LogP contribution in [0.5, 0.6) is 5.75 Å². The normalized spacial score (nSPS) is 10.9. The zero-order chi connectivity index (χ0) is 23.4. The third-order valence-corrected chi connectivity index (χ3v) is 5.78. The van der Waals surface area contributed by atoms with Gasteiger partial charge in [-0.3, -0.25) is 20.2 Å². The first-order valence-electron chi connectivity index (χ1n) is 9.64. The van der Waals surface area contributed by atoms with E-state index in [1.807, 2.05) is 24.3 Å². The first kappa shape index (κ1) is 21.8. The van der Waals surface area contributed by atoms with E-state index in [9.17, 15) is 20.2 Å². The molecular formula is C23H16N4O5S. The van der Waals surface area contributed by atoms with Crippen LogP contribution >= 0.6 is 11.3 Å². The van der Waals surface area contributed by atoms with Crippen LogP contribution in [0.15, 0.2) is 77.8 Å². The summed E-state index contributed by atoms with van der Waals surface area (Å²) < 4.78 is 5.22. The Bertz CT molecular complexity index is 1350. The van der Waals surface area contributed by atoms with E-state index >= 15 is 0 Å². The lowest BCUT2D eigenvalue weighted by molar-refractivity contribution is -0.385. The number of ether oxygens (including phenoxy) is 1. The van der Waals surface area contributed by atoms with Crippen molar-refractivity contribution in [2.75, 3.05) is 7.11 Å². The predicted octanol–water partition coefficient (Wildman–Crippen LogP) is 6.05. The molecule has 0 aliphatic carbocycles. The number of nitro benzene ring substituents is 2. The molecule has 33 heavy (non-hydrogen) atoms. The molecule has 1 aromatic heterocycles. The van der Waals surface area contributed by atoms with Gasteiger partial charge in [0.2, 0.25) is 5.13 Å². The Morgan fingerprint density at radius 1 is 0.909 bits per heavy atom. The van der Waals surface area contributed by atoms with Gasteiger partial charge < -0.3 is 4.74 Å². The Morgan fingerprint density at radius 2 is 1.58 bits per heavy atom. The van der Waals surface area contributed by atoms with Crippen molar-refractivity contribution >= 4 is 34.1 Å². The molecule has 0 unspecified atom stereocenters. The molecular weight excluding hydrogens is 444 g/mol. The molecule has 0 radical (unpaired) electrons. The molecule has 0 N–H and O–H groups in total. The van der Waals surface area contributed by atoms with E-state index in [0.717, 1.165) is 16.0 Å². The maximum atomic E-state index is 11.3. The highest BCUT2D eigenvalue weighted by Crippen LogP contribution is 2.41. The zero-order valence-corrected chi connectivity index (χ0v) is 18.1. The van der Waals surface area contributed by atoms with Gasteiger partial charge in [0.15, 0.2) is 0 Å². The van der Waals surface area contributed by atoms with Crippen molar-refractivity contribution in [1.82, 2.24) is 4.98 Å². The van der Waals surface area contributed by atoms with Crippen LogP contribution in [-0.4, -0.2) is 28.2 Å². The smallest absolute Gasteiger partial charge is 0.278 e.